The summed E-state index contributed by atoms with van der Waals surface area (Å²) in [6.07, 6.45) is 0. The molecule has 0 aromatic heterocycles. The molecule has 0 aliphatic carbocycles. The third kappa shape index (κ3) is 3.25. The van der Waals surface area contributed by atoms with E-state index in [9.17, 15) is 4.79 Å². The summed E-state index contributed by atoms with van der Waals surface area (Å²) in [5.74, 6) is -0.0501. The molecule has 1 aromatic rings. The maximum Gasteiger partial charge on any atom is 0.241 e. The molecular weight excluding hydrogens is 192 g/mol. The lowest BCUT2D eigenvalue weighted by Crippen LogP contribution is -2.38. The second-order valence-corrected chi connectivity index (χ2v) is 3.73. The number of benzene rings is 1. The fourth-order valence-corrected chi connectivity index (χ4v) is 1.21. The number of amides is 1. The fourth-order valence-electron chi connectivity index (χ4n) is 1.21. The van der Waals surface area contributed by atoms with Gasteiger partial charge in [0.2, 0.25) is 5.91 Å². The highest BCUT2D eigenvalue weighted by Gasteiger charge is 2.15. The average molecular weight is 208 g/mol. The third-order valence-electron chi connectivity index (χ3n) is 1.97. The molecule has 4 nitrogen and oxygen atoms in total. The molecule has 0 radical (unpaired) electrons. The average Bonchev–Trinajstić information content (AvgIpc) is 2.17. The van der Waals surface area contributed by atoms with E-state index >= 15 is 0 Å². The second-order valence-electron chi connectivity index (χ2n) is 3.73. The van der Waals surface area contributed by atoms with Crippen molar-refractivity contribution < 1.29 is 9.90 Å². The Bertz CT molecular complexity index is 333. The van der Waals surface area contributed by atoms with Crippen molar-refractivity contribution in [2.75, 3.05) is 0 Å². The second kappa shape index (κ2) is 4.79. The van der Waals surface area contributed by atoms with Crippen LogP contribution in [0.2, 0.25) is 0 Å². The van der Waals surface area contributed by atoms with E-state index in [1.165, 1.54) is 12.1 Å². The van der Waals surface area contributed by atoms with Gasteiger partial charge < -0.3 is 16.2 Å². The van der Waals surface area contributed by atoms with Gasteiger partial charge in [0.25, 0.3) is 0 Å². The van der Waals surface area contributed by atoms with Crippen LogP contribution in [-0.4, -0.2) is 17.1 Å². The molecule has 1 rings (SSSR count). The number of hydrogen-bond acceptors (Lipinski definition) is 3. The molecule has 1 amide bonds. The van der Waals surface area contributed by atoms with E-state index in [4.69, 9.17) is 10.8 Å². The van der Waals surface area contributed by atoms with Crippen LogP contribution in [0.1, 0.15) is 25.5 Å². The molecule has 0 spiro atoms. The quantitative estimate of drug-likeness (QED) is 0.691. The van der Waals surface area contributed by atoms with Crippen molar-refractivity contribution in [3.05, 3.63) is 29.8 Å². The normalized spacial score (nSPS) is 12.5. The maximum absolute atomic E-state index is 11.5. The molecule has 1 atom stereocenters. The van der Waals surface area contributed by atoms with E-state index in [-0.39, 0.29) is 17.7 Å². The van der Waals surface area contributed by atoms with Crippen molar-refractivity contribution in [1.82, 2.24) is 5.32 Å². The van der Waals surface area contributed by atoms with Gasteiger partial charge in [0, 0.05) is 6.04 Å². The Morgan fingerprint density at radius 3 is 2.33 bits per heavy atom. The zero-order valence-corrected chi connectivity index (χ0v) is 8.90. The molecule has 0 heterocycles. The van der Waals surface area contributed by atoms with Crippen molar-refractivity contribution in [2.24, 2.45) is 5.73 Å². The van der Waals surface area contributed by atoms with Gasteiger partial charge in [0.1, 0.15) is 11.8 Å². The van der Waals surface area contributed by atoms with Gasteiger partial charge in [-0.15, -0.1) is 0 Å². The molecule has 82 valence electrons. The van der Waals surface area contributed by atoms with Crippen LogP contribution in [0.3, 0.4) is 0 Å². The molecule has 0 fully saturated rings. The Morgan fingerprint density at radius 1 is 1.33 bits per heavy atom. The number of nitrogens with one attached hydrogen (secondary N) is 1. The Balaban J connectivity index is 2.71. The van der Waals surface area contributed by atoms with E-state index in [1.54, 1.807) is 12.1 Å². The lowest BCUT2D eigenvalue weighted by Gasteiger charge is -2.14. The number of phenols is 1. The van der Waals surface area contributed by atoms with Gasteiger partial charge in [-0.1, -0.05) is 12.1 Å². The molecular formula is C11H16N2O2. The summed E-state index contributed by atoms with van der Waals surface area (Å²) in [4.78, 5) is 11.5. The lowest BCUT2D eigenvalue weighted by molar-refractivity contribution is -0.122. The number of nitrogens with two attached hydrogens (primary N) is 1. The van der Waals surface area contributed by atoms with Crippen molar-refractivity contribution in [2.45, 2.75) is 25.9 Å². The topological polar surface area (TPSA) is 75.4 Å². The standard InChI is InChI=1S/C11H16N2O2/c1-7(2)13-11(15)10(12)8-3-5-9(14)6-4-8/h3-7,10,14H,12H2,1-2H3,(H,13,15). The molecule has 15 heavy (non-hydrogen) atoms. The summed E-state index contributed by atoms with van der Waals surface area (Å²) >= 11 is 0. The maximum atomic E-state index is 11.5. The van der Waals surface area contributed by atoms with Gasteiger partial charge >= 0.3 is 0 Å². The Morgan fingerprint density at radius 2 is 1.87 bits per heavy atom. The number of aromatic hydroxyl groups is 1. The third-order valence-corrected chi connectivity index (χ3v) is 1.97. The van der Waals surface area contributed by atoms with Gasteiger partial charge in [-0.05, 0) is 31.5 Å². The SMILES string of the molecule is CC(C)NC(=O)C(N)c1ccc(O)cc1. The van der Waals surface area contributed by atoms with Crippen LogP contribution >= 0.6 is 0 Å². The summed E-state index contributed by atoms with van der Waals surface area (Å²) in [6.45, 7) is 3.75. The first-order valence-electron chi connectivity index (χ1n) is 4.85. The van der Waals surface area contributed by atoms with Crippen molar-refractivity contribution in [1.29, 1.82) is 0 Å². The smallest absolute Gasteiger partial charge is 0.241 e. The van der Waals surface area contributed by atoms with E-state index in [0.717, 1.165) is 0 Å². The Labute approximate surface area is 89.1 Å². The highest BCUT2D eigenvalue weighted by atomic mass is 16.3. The molecule has 0 saturated heterocycles. The first kappa shape index (κ1) is 11.5. The summed E-state index contributed by atoms with van der Waals surface area (Å²) in [5, 5.41) is 11.8. The van der Waals surface area contributed by atoms with Crippen molar-refractivity contribution >= 4 is 5.91 Å². The van der Waals surface area contributed by atoms with Crippen LogP contribution in [-0.2, 0) is 4.79 Å². The van der Waals surface area contributed by atoms with Crippen LogP contribution in [0, 0.1) is 0 Å². The van der Waals surface area contributed by atoms with Crippen molar-refractivity contribution in [3.63, 3.8) is 0 Å². The minimum Gasteiger partial charge on any atom is -0.508 e. The Hall–Kier alpha value is -1.55. The largest absolute Gasteiger partial charge is 0.508 e. The zero-order chi connectivity index (χ0) is 11.4. The first-order valence-corrected chi connectivity index (χ1v) is 4.85. The molecule has 0 saturated carbocycles. The minimum absolute atomic E-state index is 0.0701. The Kier molecular flexibility index (Phi) is 3.68. The molecule has 1 aromatic carbocycles. The van der Waals surface area contributed by atoms with Crippen LogP contribution in [0.15, 0.2) is 24.3 Å². The number of carbonyl (C=O) groups excluding carboxylic acids is 1. The highest BCUT2D eigenvalue weighted by Crippen LogP contribution is 2.15. The van der Waals surface area contributed by atoms with E-state index in [2.05, 4.69) is 5.32 Å². The molecule has 4 heteroatoms. The van der Waals surface area contributed by atoms with Crippen LogP contribution in [0.5, 0.6) is 5.75 Å². The summed E-state index contributed by atoms with van der Waals surface area (Å²) < 4.78 is 0. The molecule has 1 unspecified atom stereocenters. The lowest BCUT2D eigenvalue weighted by atomic mass is 10.1. The van der Waals surface area contributed by atoms with Crippen molar-refractivity contribution in [3.8, 4) is 5.75 Å². The van der Waals surface area contributed by atoms with E-state index in [0.29, 0.717) is 5.56 Å². The summed E-state index contributed by atoms with van der Waals surface area (Å²) in [6, 6.07) is 5.68. The van der Waals surface area contributed by atoms with Crippen LogP contribution in [0.4, 0.5) is 0 Å². The summed E-state index contributed by atoms with van der Waals surface area (Å²) in [7, 11) is 0. The molecule has 0 aliphatic rings. The first-order chi connectivity index (χ1) is 7.00. The number of hydrogen-bond donors (Lipinski definition) is 3. The number of rotatable bonds is 3. The van der Waals surface area contributed by atoms with Gasteiger partial charge in [-0.3, -0.25) is 4.79 Å². The fraction of sp³-hybridized carbons (Fsp3) is 0.364. The molecule has 0 aliphatic heterocycles. The van der Waals surface area contributed by atoms with E-state index in [1.807, 2.05) is 13.8 Å². The summed E-state index contributed by atoms with van der Waals surface area (Å²) in [5.41, 5.74) is 6.43. The van der Waals surface area contributed by atoms with Gasteiger partial charge in [0.05, 0.1) is 0 Å². The minimum atomic E-state index is -0.687. The number of carbonyl (C=O) groups is 1. The van der Waals surface area contributed by atoms with Gasteiger partial charge in [-0.2, -0.15) is 0 Å². The highest BCUT2D eigenvalue weighted by molar-refractivity contribution is 5.83. The van der Waals surface area contributed by atoms with Gasteiger partial charge in [-0.25, -0.2) is 0 Å². The predicted octanol–water partition coefficient (Wildman–Crippen LogP) is 0.917. The monoisotopic (exact) mass is 208 g/mol. The van der Waals surface area contributed by atoms with Gasteiger partial charge in [0.15, 0.2) is 0 Å². The predicted molar refractivity (Wildman–Crippen MR) is 58.3 cm³/mol. The zero-order valence-electron chi connectivity index (χ0n) is 8.90. The van der Waals surface area contributed by atoms with E-state index < -0.39 is 6.04 Å². The molecule has 0 bridgehead atoms. The van der Waals surface area contributed by atoms with Crippen LogP contribution < -0.4 is 11.1 Å². The molecule has 4 N–H and O–H groups in total. The van der Waals surface area contributed by atoms with Crippen LogP contribution in [0.25, 0.3) is 0 Å². The number of phenolic OH excluding ortho intramolecular Hbond substituents is 1.